The minimum Gasteiger partial charge on any atom is -0.490 e. The number of rotatable bonds is 1. The van der Waals surface area contributed by atoms with E-state index in [-0.39, 0.29) is 5.82 Å². The van der Waals surface area contributed by atoms with Gasteiger partial charge in [-0.3, -0.25) is 0 Å². The first kappa shape index (κ1) is 9.78. The van der Waals surface area contributed by atoms with Gasteiger partial charge in [-0.05, 0) is 30.9 Å². The van der Waals surface area contributed by atoms with Crippen molar-refractivity contribution in [1.29, 1.82) is 0 Å². The number of fused-ring (bicyclic) bond motifs is 1. The number of hydrogen-bond acceptors (Lipinski definition) is 1. The van der Waals surface area contributed by atoms with Crippen molar-refractivity contribution >= 4 is 11.6 Å². The average Bonchev–Trinajstić information content (AvgIpc) is 2.23. The molecule has 1 nitrogen and oxygen atoms in total. The van der Waals surface area contributed by atoms with E-state index < -0.39 is 0 Å². The summed E-state index contributed by atoms with van der Waals surface area (Å²) in [5, 5.41) is 0.684. The normalized spacial score (nSPS) is 14.8. The number of benzene rings is 1. The molecule has 3 heteroatoms. The van der Waals surface area contributed by atoms with Crippen molar-refractivity contribution in [1.82, 2.24) is 0 Å². The maximum absolute atomic E-state index is 13.5. The van der Waals surface area contributed by atoms with Crippen molar-refractivity contribution in [2.45, 2.75) is 26.2 Å². The molecule has 2 rings (SSSR count). The summed E-state index contributed by atoms with van der Waals surface area (Å²) in [4.78, 5) is 0. The van der Waals surface area contributed by atoms with Crippen LogP contribution in [0.5, 0.6) is 5.75 Å². The molecule has 0 unspecified atom stereocenters. The van der Waals surface area contributed by atoms with Crippen LogP contribution < -0.4 is 4.74 Å². The smallest absolute Gasteiger partial charge is 0.165 e. The Labute approximate surface area is 87.8 Å². The fourth-order valence-electron chi connectivity index (χ4n) is 1.78. The Kier molecular flexibility index (Phi) is 2.64. The van der Waals surface area contributed by atoms with Crippen LogP contribution in [-0.4, -0.2) is 6.61 Å². The molecule has 0 fully saturated rings. The van der Waals surface area contributed by atoms with Gasteiger partial charge >= 0.3 is 0 Å². The van der Waals surface area contributed by atoms with Crippen LogP contribution in [0.2, 0.25) is 5.02 Å². The number of hydrogen-bond donors (Lipinski definition) is 0. The molecule has 0 saturated heterocycles. The van der Waals surface area contributed by atoms with Crippen molar-refractivity contribution in [3.05, 3.63) is 28.0 Å². The quantitative estimate of drug-likeness (QED) is 0.697. The maximum Gasteiger partial charge on any atom is 0.165 e. The van der Waals surface area contributed by atoms with Crippen LogP contribution in [-0.2, 0) is 12.8 Å². The van der Waals surface area contributed by atoms with E-state index >= 15 is 0 Å². The molecule has 0 aromatic heterocycles. The van der Waals surface area contributed by atoms with Crippen molar-refractivity contribution < 1.29 is 9.13 Å². The minimum atomic E-state index is -0.277. The molecule has 0 radical (unpaired) electrons. The first-order valence-corrected chi connectivity index (χ1v) is 5.24. The largest absolute Gasteiger partial charge is 0.490 e. The molecule has 0 bridgehead atoms. The average molecular weight is 215 g/mol. The SMILES string of the molecule is CCc1cc(F)c2c(c1Cl)CCCO2. The molecule has 0 aliphatic carbocycles. The van der Waals surface area contributed by atoms with Crippen molar-refractivity contribution in [2.75, 3.05) is 6.61 Å². The van der Waals surface area contributed by atoms with Crippen LogP contribution in [0.4, 0.5) is 4.39 Å². The molecule has 0 amide bonds. The summed E-state index contributed by atoms with van der Waals surface area (Å²) in [7, 11) is 0. The first-order chi connectivity index (χ1) is 6.74. The topological polar surface area (TPSA) is 9.23 Å². The van der Waals surface area contributed by atoms with Gasteiger partial charge < -0.3 is 4.74 Å². The Balaban J connectivity index is 2.58. The lowest BCUT2D eigenvalue weighted by molar-refractivity contribution is 0.273. The van der Waals surface area contributed by atoms with Gasteiger partial charge in [-0.25, -0.2) is 4.39 Å². The number of ether oxygens (including phenoxy) is 1. The van der Waals surface area contributed by atoms with E-state index in [2.05, 4.69) is 0 Å². The molecule has 1 aromatic carbocycles. The molecular formula is C11H12ClFO. The molecule has 14 heavy (non-hydrogen) atoms. The lowest BCUT2D eigenvalue weighted by atomic mass is 10.0. The Hall–Kier alpha value is -0.760. The molecule has 1 aliphatic heterocycles. The maximum atomic E-state index is 13.5. The highest BCUT2D eigenvalue weighted by atomic mass is 35.5. The Morgan fingerprint density at radius 2 is 2.36 bits per heavy atom. The summed E-state index contributed by atoms with van der Waals surface area (Å²) in [6, 6.07) is 1.48. The predicted molar refractivity (Wildman–Crippen MR) is 54.6 cm³/mol. The number of halogens is 2. The second kappa shape index (κ2) is 3.77. The second-order valence-electron chi connectivity index (χ2n) is 3.44. The second-order valence-corrected chi connectivity index (χ2v) is 3.82. The highest BCUT2D eigenvalue weighted by molar-refractivity contribution is 6.32. The Morgan fingerprint density at radius 3 is 3.07 bits per heavy atom. The van der Waals surface area contributed by atoms with E-state index in [1.165, 1.54) is 6.07 Å². The fourth-order valence-corrected chi connectivity index (χ4v) is 2.15. The van der Waals surface area contributed by atoms with Gasteiger partial charge in [-0.15, -0.1) is 0 Å². The van der Waals surface area contributed by atoms with Gasteiger partial charge in [-0.1, -0.05) is 18.5 Å². The van der Waals surface area contributed by atoms with Crippen LogP contribution in [0.1, 0.15) is 24.5 Å². The van der Waals surface area contributed by atoms with Crippen LogP contribution in [0.3, 0.4) is 0 Å². The van der Waals surface area contributed by atoms with Crippen LogP contribution in [0, 0.1) is 5.82 Å². The van der Waals surface area contributed by atoms with Crippen molar-refractivity contribution in [3.63, 3.8) is 0 Å². The molecule has 0 atom stereocenters. The summed E-state index contributed by atoms with van der Waals surface area (Å²) in [6.07, 6.45) is 2.49. The van der Waals surface area contributed by atoms with Gasteiger partial charge in [0.1, 0.15) is 0 Å². The fraction of sp³-hybridized carbons (Fsp3) is 0.455. The molecule has 0 saturated carbocycles. The Morgan fingerprint density at radius 1 is 1.57 bits per heavy atom. The third-order valence-corrected chi connectivity index (χ3v) is 3.01. The Bertz CT molecular complexity index is 363. The molecule has 0 N–H and O–H groups in total. The summed E-state index contributed by atoms with van der Waals surface area (Å²) in [5.41, 5.74) is 1.71. The summed E-state index contributed by atoms with van der Waals surface area (Å²) in [5.74, 6) is 0.0828. The number of aryl methyl sites for hydroxylation is 1. The molecule has 1 aromatic rings. The summed E-state index contributed by atoms with van der Waals surface area (Å²) in [6.45, 7) is 2.56. The molecule has 0 spiro atoms. The lowest BCUT2D eigenvalue weighted by Gasteiger charge is -2.20. The van der Waals surface area contributed by atoms with E-state index in [1.807, 2.05) is 6.92 Å². The standard InChI is InChI=1S/C11H12ClFO/c1-2-7-6-9(13)11-8(10(7)12)4-3-5-14-11/h6H,2-5H2,1H3. The zero-order valence-corrected chi connectivity index (χ0v) is 8.83. The monoisotopic (exact) mass is 214 g/mol. The highest BCUT2D eigenvalue weighted by Crippen LogP contribution is 2.36. The zero-order valence-electron chi connectivity index (χ0n) is 8.07. The zero-order chi connectivity index (χ0) is 10.1. The van der Waals surface area contributed by atoms with Gasteiger partial charge in [0.15, 0.2) is 11.6 Å². The van der Waals surface area contributed by atoms with Crippen LogP contribution >= 0.6 is 11.6 Å². The molecule has 1 aliphatic rings. The lowest BCUT2D eigenvalue weighted by Crippen LogP contribution is -2.11. The van der Waals surface area contributed by atoms with Gasteiger partial charge in [-0.2, -0.15) is 0 Å². The van der Waals surface area contributed by atoms with E-state index in [0.29, 0.717) is 17.4 Å². The van der Waals surface area contributed by atoms with Gasteiger partial charge in [0.25, 0.3) is 0 Å². The van der Waals surface area contributed by atoms with Crippen LogP contribution in [0.25, 0.3) is 0 Å². The van der Waals surface area contributed by atoms with Crippen molar-refractivity contribution in [2.24, 2.45) is 0 Å². The van der Waals surface area contributed by atoms with Crippen LogP contribution in [0.15, 0.2) is 6.07 Å². The highest BCUT2D eigenvalue weighted by Gasteiger charge is 2.20. The first-order valence-electron chi connectivity index (χ1n) is 4.86. The van der Waals surface area contributed by atoms with Gasteiger partial charge in [0.05, 0.1) is 11.6 Å². The van der Waals surface area contributed by atoms with E-state index in [4.69, 9.17) is 16.3 Å². The third kappa shape index (κ3) is 1.48. The van der Waals surface area contributed by atoms with Gasteiger partial charge in [0.2, 0.25) is 0 Å². The molecule has 1 heterocycles. The summed E-state index contributed by atoms with van der Waals surface area (Å²) < 4.78 is 18.8. The summed E-state index contributed by atoms with van der Waals surface area (Å²) >= 11 is 6.15. The third-order valence-electron chi connectivity index (χ3n) is 2.54. The van der Waals surface area contributed by atoms with E-state index in [0.717, 1.165) is 30.4 Å². The van der Waals surface area contributed by atoms with E-state index in [1.54, 1.807) is 0 Å². The minimum absolute atomic E-state index is 0.277. The molecule has 76 valence electrons. The van der Waals surface area contributed by atoms with Gasteiger partial charge in [0, 0.05) is 5.56 Å². The van der Waals surface area contributed by atoms with E-state index in [9.17, 15) is 4.39 Å². The van der Waals surface area contributed by atoms with Crippen molar-refractivity contribution in [3.8, 4) is 5.75 Å². The molecular weight excluding hydrogens is 203 g/mol. The predicted octanol–water partition coefficient (Wildman–Crippen LogP) is 3.37.